The number of carbonyl (C=O) groups is 1. The Kier molecular flexibility index (Phi) is 4.57. The molecule has 0 saturated heterocycles. The van der Waals surface area contributed by atoms with E-state index in [0.29, 0.717) is 23.0 Å². The van der Waals surface area contributed by atoms with Gasteiger partial charge >= 0.3 is 0 Å². The van der Waals surface area contributed by atoms with E-state index >= 15 is 0 Å². The molecule has 0 saturated carbocycles. The number of methoxy groups -OCH3 is 1. The number of furan rings is 1. The van der Waals surface area contributed by atoms with E-state index in [0.717, 1.165) is 16.5 Å². The van der Waals surface area contributed by atoms with Crippen molar-refractivity contribution in [3.63, 3.8) is 0 Å². The molecule has 2 heterocycles. The Morgan fingerprint density at radius 2 is 2.00 bits per heavy atom. The third-order valence-electron chi connectivity index (χ3n) is 4.40. The normalized spacial score (nSPS) is 11.0. The van der Waals surface area contributed by atoms with Crippen molar-refractivity contribution in [2.24, 2.45) is 0 Å². The summed E-state index contributed by atoms with van der Waals surface area (Å²) in [7, 11) is 3.22. The van der Waals surface area contributed by atoms with Crippen molar-refractivity contribution >= 4 is 16.9 Å². The van der Waals surface area contributed by atoms with Gasteiger partial charge in [-0.3, -0.25) is 4.79 Å². The van der Waals surface area contributed by atoms with Crippen LogP contribution in [0.3, 0.4) is 0 Å². The monoisotopic (exact) mass is 377 g/mol. The molecule has 0 fully saturated rings. The van der Waals surface area contributed by atoms with Crippen molar-refractivity contribution < 1.29 is 18.5 Å². The summed E-state index contributed by atoms with van der Waals surface area (Å²) in [5, 5.41) is 4.81. The van der Waals surface area contributed by atoms with Crippen LogP contribution in [0.2, 0.25) is 0 Å². The fraction of sp³-hybridized carbons (Fsp3) is 0.190. The van der Waals surface area contributed by atoms with Gasteiger partial charge in [0.05, 0.1) is 7.11 Å². The Bertz CT molecular complexity index is 1150. The number of benzene rings is 2. The van der Waals surface area contributed by atoms with Gasteiger partial charge in [-0.05, 0) is 25.1 Å². The number of hydrogen-bond donors (Lipinski definition) is 0. The molecule has 4 rings (SSSR count). The summed E-state index contributed by atoms with van der Waals surface area (Å²) in [6, 6.07) is 15.0. The van der Waals surface area contributed by atoms with Gasteiger partial charge in [-0.15, -0.1) is 0 Å². The Labute approximate surface area is 161 Å². The van der Waals surface area contributed by atoms with E-state index in [9.17, 15) is 4.79 Å². The molecule has 0 N–H and O–H groups in total. The van der Waals surface area contributed by atoms with Gasteiger partial charge in [0.2, 0.25) is 11.7 Å². The highest BCUT2D eigenvalue weighted by atomic mass is 16.5. The topological polar surface area (TPSA) is 81.6 Å². The minimum atomic E-state index is -0.284. The van der Waals surface area contributed by atoms with Crippen LogP contribution < -0.4 is 4.74 Å². The minimum absolute atomic E-state index is 0.172. The number of ether oxygens (including phenoxy) is 1. The molecule has 7 nitrogen and oxygen atoms in total. The first kappa shape index (κ1) is 17.8. The van der Waals surface area contributed by atoms with E-state index < -0.39 is 0 Å². The first-order valence-corrected chi connectivity index (χ1v) is 8.77. The molecule has 142 valence electrons. The molecule has 4 aromatic rings. The van der Waals surface area contributed by atoms with Crippen molar-refractivity contribution in [3.8, 4) is 17.1 Å². The number of carbonyl (C=O) groups excluding carboxylic acids is 1. The number of para-hydroxylation sites is 1. The van der Waals surface area contributed by atoms with Crippen LogP contribution >= 0.6 is 0 Å². The number of aryl methyl sites for hydroxylation is 1. The molecule has 28 heavy (non-hydrogen) atoms. The molecule has 0 radical (unpaired) electrons. The van der Waals surface area contributed by atoms with Crippen LogP contribution in [0.15, 0.2) is 57.5 Å². The third kappa shape index (κ3) is 3.34. The van der Waals surface area contributed by atoms with E-state index in [1.165, 1.54) is 4.90 Å². The van der Waals surface area contributed by atoms with Crippen LogP contribution in [-0.4, -0.2) is 35.1 Å². The molecular formula is C21H19N3O4. The van der Waals surface area contributed by atoms with Crippen molar-refractivity contribution in [1.82, 2.24) is 15.0 Å². The molecule has 0 unspecified atom stereocenters. The lowest BCUT2D eigenvalue weighted by Gasteiger charge is -2.12. The van der Waals surface area contributed by atoms with E-state index in [4.69, 9.17) is 13.7 Å². The highest BCUT2D eigenvalue weighted by molar-refractivity contribution is 5.97. The average molecular weight is 377 g/mol. The van der Waals surface area contributed by atoms with Gasteiger partial charge in [-0.1, -0.05) is 41.1 Å². The molecule has 1 amide bonds. The Morgan fingerprint density at radius 3 is 2.79 bits per heavy atom. The first-order chi connectivity index (χ1) is 13.5. The van der Waals surface area contributed by atoms with Crippen molar-refractivity contribution in [1.29, 1.82) is 0 Å². The SMILES string of the molecule is COc1cccc2cc(C(=O)N(C)Cc3nc(-c4cccc(C)c4)no3)oc12. The van der Waals surface area contributed by atoms with Gasteiger partial charge in [-0.25, -0.2) is 0 Å². The Morgan fingerprint density at radius 1 is 1.18 bits per heavy atom. The summed E-state index contributed by atoms with van der Waals surface area (Å²) in [4.78, 5) is 18.6. The summed E-state index contributed by atoms with van der Waals surface area (Å²) in [6.45, 7) is 2.17. The summed E-state index contributed by atoms with van der Waals surface area (Å²) < 4.78 is 16.3. The quantitative estimate of drug-likeness (QED) is 0.521. The Balaban J connectivity index is 1.52. The predicted molar refractivity (Wildman–Crippen MR) is 103 cm³/mol. The van der Waals surface area contributed by atoms with Gasteiger partial charge < -0.3 is 18.6 Å². The summed E-state index contributed by atoms with van der Waals surface area (Å²) in [5.41, 5.74) is 2.52. The van der Waals surface area contributed by atoms with Gasteiger partial charge in [0.25, 0.3) is 5.91 Å². The number of nitrogens with zero attached hydrogens (tertiary/aromatic N) is 3. The van der Waals surface area contributed by atoms with Crippen LogP contribution in [0.25, 0.3) is 22.4 Å². The third-order valence-corrected chi connectivity index (χ3v) is 4.40. The molecule has 0 atom stereocenters. The number of rotatable bonds is 5. The van der Waals surface area contributed by atoms with Crippen molar-refractivity contribution in [2.45, 2.75) is 13.5 Å². The van der Waals surface area contributed by atoms with Gasteiger partial charge in [0.1, 0.15) is 6.54 Å². The van der Waals surface area contributed by atoms with Gasteiger partial charge in [0, 0.05) is 18.0 Å². The lowest BCUT2D eigenvalue weighted by Crippen LogP contribution is -2.25. The molecule has 2 aromatic carbocycles. The largest absolute Gasteiger partial charge is 0.493 e. The molecule has 0 bridgehead atoms. The molecule has 0 aliphatic heterocycles. The van der Waals surface area contributed by atoms with Crippen molar-refractivity contribution in [2.75, 3.05) is 14.2 Å². The minimum Gasteiger partial charge on any atom is -0.493 e. The number of hydrogen-bond acceptors (Lipinski definition) is 6. The predicted octanol–water partition coefficient (Wildman–Crippen LogP) is 4.07. The van der Waals surface area contributed by atoms with Crippen LogP contribution in [-0.2, 0) is 6.54 Å². The lowest BCUT2D eigenvalue weighted by molar-refractivity contribution is 0.0740. The maximum absolute atomic E-state index is 12.7. The lowest BCUT2D eigenvalue weighted by atomic mass is 10.1. The number of aromatic nitrogens is 2. The summed E-state index contributed by atoms with van der Waals surface area (Å²) >= 11 is 0. The number of fused-ring (bicyclic) bond motifs is 1. The second kappa shape index (κ2) is 7.19. The fourth-order valence-electron chi connectivity index (χ4n) is 2.99. The molecule has 2 aromatic heterocycles. The van der Waals surface area contributed by atoms with Gasteiger partial charge in [-0.2, -0.15) is 4.98 Å². The molecule has 0 spiro atoms. The summed E-state index contributed by atoms with van der Waals surface area (Å²) in [5.74, 6) is 1.36. The van der Waals surface area contributed by atoms with Gasteiger partial charge in [0.15, 0.2) is 17.1 Å². The van der Waals surface area contributed by atoms with E-state index in [1.807, 2.05) is 43.3 Å². The fourth-order valence-corrected chi connectivity index (χ4v) is 2.99. The highest BCUT2D eigenvalue weighted by Crippen LogP contribution is 2.29. The van der Waals surface area contributed by atoms with E-state index in [1.54, 1.807) is 26.3 Å². The molecular weight excluding hydrogens is 358 g/mol. The zero-order chi connectivity index (χ0) is 19.7. The number of amides is 1. The second-order valence-corrected chi connectivity index (χ2v) is 6.53. The van der Waals surface area contributed by atoms with Crippen LogP contribution in [0.1, 0.15) is 22.0 Å². The Hall–Kier alpha value is -3.61. The second-order valence-electron chi connectivity index (χ2n) is 6.53. The smallest absolute Gasteiger partial charge is 0.289 e. The van der Waals surface area contributed by atoms with Crippen LogP contribution in [0.5, 0.6) is 5.75 Å². The molecule has 0 aliphatic carbocycles. The zero-order valence-electron chi connectivity index (χ0n) is 15.8. The van der Waals surface area contributed by atoms with E-state index in [2.05, 4.69) is 10.1 Å². The standard InChI is InChI=1S/C21H19N3O4/c1-13-6-4-8-15(10-13)20-22-18(28-23-20)12-24(2)21(25)17-11-14-7-5-9-16(26-3)19(14)27-17/h4-11H,12H2,1-3H3. The van der Waals surface area contributed by atoms with Crippen LogP contribution in [0.4, 0.5) is 0 Å². The average Bonchev–Trinajstić information content (AvgIpc) is 3.34. The summed E-state index contributed by atoms with van der Waals surface area (Å²) in [6.07, 6.45) is 0. The van der Waals surface area contributed by atoms with Crippen molar-refractivity contribution in [3.05, 3.63) is 65.7 Å². The van der Waals surface area contributed by atoms with E-state index in [-0.39, 0.29) is 18.2 Å². The maximum Gasteiger partial charge on any atom is 0.289 e. The highest BCUT2D eigenvalue weighted by Gasteiger charge is 2.20. The molecule has 0 aliphatic rings. The maximum atomic E-state index is 12.7. The first-order valence-electron chi connectivity index (χ1n) is 8.77. The van der Waals surface area contributed by atoms with Crippen LogP contribution in [0, 0.1) is 6.92 Å². The zero-order valence-corrected chi connectivity index (χ0v) is 15.8. The molecule has 7 heteroatoms.